The summed E-state index contributed by atoms with van der Waals surface area (Å²) >= 11 is 0. The highest BCUT2D eigenvalue weighted by molar-refractivity contribution is 6.21. The Bertz CT molecular complexity index is 623. The van der Waals surface area contributed by atoms with Gasteiger partial charge in [0, 0.05) is 5.92 Å². The van der Waals surface area contributed by atoms with Gasteiger partial charge in [-0.25, -0.2) is 0 Å². The minimum Gasteiger partial charge on any atom is -0.497 e. The van der Waals surface area contributed by atoms with E-state index in [0.29, 0.717) is 0 Å². The summed E-state index contributed by atoms with van der Waals surface area (Å²) in [5.41, 5.74) is 1.00. The third kappa shape index (κ3) is 5.19. The third-order valence-electron chi connectivity index (χ3n) is 3.26. The van der Waals surface area contributed by atoms with E-state index in [2.05, 4.69) is 0 Å². The second-order valence-corrected chi connectivity index (χ2v) is 5.71. The van der Waals surface area contributed by atoms with E-state index < -0.39 is 0 Å². The van der Waals surface area contributed by atoms with Crippen molar-refractivity contribution < 1.29 is 9.53 Å². The Kier molecular flexibility index (Phi) is 7.13. The van der Waals surface area contributed by atoms with Crippen LogP contribution in [0.3, 0.4) is 0 Å². The fraction of sp³-hybridized carbons (Fsp3) is 0.389. The lowest BCUT2D eigenvalue weighted by atomic mass is 9.87. The number of carbonyl (C=O) groups is 1. The summed E-state index contributed by atoms with van der Waals surface area (Å²) in [6.45, 7) is 1.89. The first-order chi connectivity index (χ1) is 10.4. The molecule has 0 saturated carbocycles. The molecule has 0 saturated heterocycles. The highest BCUT2D eigenvalue weighted by Crippen LogP contribution is 2.25. The molecule has 0 heterocycles. The van der Waals surface area contributed by atoms with Gasteiger partial charge in [-0.1, -0.05) is 31.2 Å². The summed E-state index contributed by atoms with van der Waals surface area (Å²) in [5.74, 6) is 0.741. The fourth-order valence-electron chi connectivity index (χ4n) is 2.00. The van der Waals surface area contributed by atoms with Crippen LogP contribution >= 0.6 is 0 Å². The number of carbonyl (C=O) groups excluding carboxylic acids is 1. The number of rotatable bonds is 4. The zero-order valence-corrected chi connectivity index (χ0v) is 14.1. The predicted octanol–water partition coefficient (Wildman–Crippen LogP) is 3.29. The van der Waals surface area contributed by atoms with E-state index in [1.807, 2.05) is 69.4 Å². The Balaban J connectivity index is 0.000000541. The van der Waals surface area contributed by atoms with Gasteiger partial charge in [-0.15, -0.1) is 0 Å². The zero-order chi connectivity index (χ0) is 16.7. The second kappa shape index (κ2) is 8.59. The first-order valence-electron chi connectivity index (χ1n) is 7.30. The number of ether oxygens (including phenoxy) is 1. The Morgan fingerprint density at radius 1 is 1.14 bits per heavy atom. The van der Waals surface area contributed by atoms with E-state index in [9.17, 15) is 4.79 Å². The van der Waals surface area contributed by atoms with Crippen molar-refractivity contribution in [3.63, 3.8) is 0 Å². The zero-order valence-electron chi connectivity index (χ0n) is 14.1. The number of benzene rings is 2. The Morgan fingerprint density at radius 2 is 1.68 bits per heavy atom. The van der Waals surface area contributed by atoms with Gasteiger partial charge >= 0.3 is 0 Å². The third-order valence-corrected chi connectivity index (χ3v) is 3.26. The fourth-order valence-corrected chi connectivity index (χ4v) is 2.00. The van der Waals surface area contributed by atoms with Gasteiger partial charge in [-0.3, -0.25) is 4.79 Å². The quantitative estimate of drug-likeness (QED) is 0.811. The molecule has 0 aliphatic heterocycles. The maximum absolute atomic E-state index is 11.6. The molecule has 0 unspecified atom stereocenters. The molecule has 116 valence electrons. The van der Waals surface area contributed by atoms with Crippen LogP contribution in [0, 0.1) is 0 Å². The molecule has 0 aliphatic carbocycles. The molecule has 0 aliphatic rings. The summed E-state index contributed by atoms with van der Waals surface area (Å²) in [5, 5.41) is 2.20. The summed E-state index contributed by atoms with van der Waals surface area (Å²) in [6, 6.07) is 11.9. The molecular formula is C18H24BNO2. The van der Waals surface area contributed by atoms with Gasteiger partial charge in [0.2, 0.25) is 0 Å². The van der Waals surface area contributed by atoms with E-state index in [1.54, 1.807) is 7.11 Å². The van der Waals surface area contributed by atoms with Crippen LogP contribution in [0.25, 0.3) is 10.8 Å². The molecule has 2 aromatic carbocycles. The summed E-state index contributed by atoms with van der Waals surface area (Å²) in [7, 11) is 13.0. The molecular weight excluding hydrogens is 273 g/mol. The number of ketones is 1. The average Bonchev–Trinajstić information content (AvgIpc) is 2.51. The topological polar surface area (TPSA) is 29.5 Å². The minimum atomic E-state index is -0.151. The molecule has 4 heteroatoms. The van der Waals surface area contributed by atoms with Crippen LogP contribution in [0.2, 0.25) is 6.32 Å². The molecule has 1 atom stereocenters. The lowest BCUT2D eigenvalue weighted by Gasteiger charge is -2.11. The molecule has 22 heavy (non-hydrogen) atoms. The van der Waals surface area contributed by atoms with E-state index in [4.69, 9.17) is 12.6 Å². The van der Waals surface area contributed by atoms with Crippen molar-refractivity contribution >= 4 is 24.4 Å². The Morgan fingerprint density at radius 3 is 2.23 bits per heavy atom. The van der Waals surface area contributed by atoms with Crippen molar-refractivity contribution in [1.82, 2.24) is 4.90 Å². The molecule has 0 spiro atoms. The van der Waals surface area contributed by atoms with Gasteiger partial charge < -0.3 is 9.64 Å². The Labute approximate surface area is 134 Å². The molecule has 0 N–H and O–H groups in total. The maximum atomic E-state index is 11.6. The van der Waals surface area contributed by atoms with Crippen molar-refractivity contribution in [2.75, 3.05) is 28.3 Å². The van der Waals surface area contributed by atoms with Crippen LogP contribution in [0.5, 0.6) is 5.75 Å². The van der Waals surface area contributed by atoms with Crippen molar-refractivity contribution in [1.29, 1.82) is 0 Å². The van der Waals surface area contributed by atoms with Crippen LogP contribution in [-0.4, -0.2) is 46.8 Å². The molecule has 0 fully saturated rings. The van der Waals surface area contributed by atoms with Gasteiger partial charge in [-0.05, 0) is 55.9 Å². The average molecular weight is 297 g/mol. The highest BCUT2D eigenvalue weighted by atomic mass is 16.5. The largest absolute Gasteiger partial charge is 0.497 e. The molecule has 0 bridgehead atoms. The van der Waals surface area contributed by atoms with Crippen LogP contribution in [-0.2, 0) is 4.79 Å². The van der Waals surface area contributed by atoms with Crippen molar-refractivity contribution in [2.24, 2.45) is 0 Å². The first kappa shape index (κ1) is 18.2. The van der Waals surface area contributed by atoms with Crippen molar-refractivity contribution in [2.45, 2.75) is 19.2 Å². The molecule has 0 aromatic heterocycles. The van der Waals surface area contributed by atoms with Crippen LogP contribution in [0.15, 0.2) is 36.4 Å². The van der Waals surface area contributed by atoms with Crippen LogP contribution in [0.1, 0.15) is 18.4 Å². The van der Waals surface area contributed by atoms with Gasteiger partial charge in [0.1, 0.15) is 11.5 Å². The van der Waals surface area contributed by atoms with Crippen LogP contribution < -0.4 is 4.74 Å². The van der Waals surface area contributed by atoms with E-state index >= 15 is 0 Å². The summed E-state index contributed by atoms with van der Waals surface area (Å²) < 4.78 is 5.18. The van der Waals surface area contributed by atoms with Gasteiger partial charge in [-0.2, -0.15) is 0 Å². The summed E-state index contributed by atoms with van der Waals surface area (Å²) in [6.07, 6.45) is 0.0851. The molecule has 2 rings (SSSR count). The number of hydrogen-bond donors (Lipinski definition) is 0. The predicted molar refractivity (Wildman–Crippen MR) is 94.1 cm³/mol. The van der Waals surface area contributed by atoms with Crippen LogP contribution in [0.4, 0.5) is 0 Å². The highest BCUT2D eigenvalue weighted by Gasteiger charge is 2.13. The normalized spacial score (nSPS) is 11.7. The van der Waals surface area contributed by atoms with Crippen molar-refractivity contribution in [3.05, 3.63) is 42.0 Å². The van der Waals surface area contributed by atoms with Crippen molar-refractivity contribution in [3.8, 4) is 5.75 Å². The van der Waals surface area contributed by atoms with E-state index in [-0.39, 0.29) is 18.0 Å². The van der Waals surface area contributed by atoms with E-state index in [0.717, 1.165) is 22.1 Å². The number of hydrogen-bond acceptors (Lipinski definition) is 3. The van der Waals surface area contributed by atoms with E-state index in [1.165, 1.54) is 0 Å². The lowest BCUT2D eigenvalue weighted by Crippen LogP contribution is -2.07. The second-order valence-electron chi connectivity index (χ2n) is 5.71. The Hall–Kier alpha value is -1.81. The number of nitrogens with zero attached hydrogens (tertiary/aromatic N) is 1. The SMILES string of the molecule is CN(C)C.[B]CC(=O)[C@@H](C)c1ccc2cc(OC)ccc2c1. The lowest BCUT2D eigenvalue weighted by molar-refractivity contribution is -0.118. The standard InChI is InChI=1S/C15H15BO2.C3H9N/c1-10(15(17)9-16)11-3-4-13-8-14(18-2)6-5-12(13)7-11;1-4(2)3/h3-8,10H,9H2,1-2H3;1-3H3/t10-;/m0./s1. The minimum absolute atomic E-state index is 0.0582. The monoisotopic (exact) mass is 297 g/mol. The number of fused-ring (bicyclic) bond motifs is 1. The smallest absolute Gasteiger partial charge is 0.131 e. The van der Waals surface area contributed by atoms with Gasteiger partial charge in [0.15, 0.2) is 0 Å². The molecule has 3 nitrogen and oxygen atoms in total. The molecule has 0 amide bonds. The number of methoxy groups -OCH3 is 1. The summed E-state index contributed by atoms with van der Waals surface area (Å²) in [4.78, 5) is 13.6. The first-order valence-corrected chi connectivity index (χ1v) is 7.30. The maximum Gasteiger partial charge on any atom is 0.131 e. The van der Waals surface area contributed by atoms with Gasteiger partial charge in [0.25, 0.3) is 0 Å². The van der Waals surface area contributed by atoms with Gasteiger partial charge in [0.05, 0.1) is 15.0 Å². The molecule has 2 radical (unpaired) electrons. The number of Topliss-reactive ketones (excluding diaryl/α,β-unsaturated/α-hetero) is 1. The molecule has 2 aromatic rings.